The molecule has 358 valence electrons. The summed E-state index contributed by atoms with van der Waals surface area (Å²) in [4.78, 5) is 2.55. The number of rotatable bonds is 5. The van der Waals surface area contributed by atoms with Crippen LogP contribution in [0.15, 0.2) is 249 Å². The average molecular weight is 968 g/mol. The van der Waals surface area contributed by atoms with E-state index in [1.165, 1.54) is 133 Å². The van der Waals surface area contributed by atoms with Gasteiger partial charge in [0.05, 0.1) is 5.41 Å². The van der Waals surface area contributed by atoms with Crippen molar-refractivity contribution in [3.05, 3.63) is 293 Å². The van der Waals surface area contributed by atoms with Gasteiger partial charge in [-0.3, -0.25) is 0 Å². The third-order valence-corrected chi connectivity index (χ3v) is 18.2. The molecule has 0 aromatic heterocycles. The van der Waals surface area contributed by atoms with Crippen molar-refractivity contribution in [2.24, 2.45) is 0 Å². The zero-order valence-corrected chi connectivity index (χ0v) is 43.1. The highest BCUT2D eigenvalue weighted by atomic mass is 15.1. The van der Waals surface area contributed by atoms with E-state index in [4.69, 9.17) is 0 Å². The van der Waals surface area contributed by atoms with Crippen molar-refractivity contribution < 1.29 is 0 Å². The second kappa shape index (κ2) is 15.5. The molecule has 0 amide bonds. The van der Waals surface area contributed by atoms with Crippen molar-refractivity contribution in [1.82, 2.24) is 0 Å². The van der Waals surface area contributed by atoms with E-state index >= 15 is 0 Å². The average Bonchev–Trinajstić information content (AvgIpc) is 4.17. The van der Waals surface area contributed by atoms with Crippen LogP contribution in [0.5, 0.6) is 0 Å². The van der Waals surface area contributed by atoms with Gasteiger partial charge in [-0.25, -0.2) is 0 Å². The van der Waals surface area contributed by atoms with E-state index in [1.807, 2.05) is 0 Å². The fraction of sp³-hybridized carbons (Fsp3) is 0.0933. The van der Waals surface area contributed by atoms with Gasteiger partial charge in [0.1, 0.15) is 0 Å². The van der Waals surface area contributed by atoms with Crippen molar-refractivity contribution in [2.75, 3.05) is 4.90 Å². The smallest absolute Gasteiger partial charge is 0.0725 e. The Bertz CT molecular complexity index is 4250. The largest absolute Gasteiger partial charge is 0.310 e. The van der Waals surface area contributed by atoms with Crippen molar-refractivity contribution in [3.8, 4) is 66.8 Å². The lowest BCUT2D eigenvalue weighted by atomic mass is 9.70. The summed E-state index contributed by atoms with van der Waals surface area (Å²) in [5.74, 6) is 0. The Hall–Kier alpha value is -9.04. The summed E-state index contributed by atoms with van der Waals surface area (Å²) in [6.07, 6.45) is 0. The molecule has 0 heterocycles. The van der Waals surface area contributed by atoms with E-state index in [9.17, 15) is 0 Å². The molecule has 1 spiro atoms. The molecular formula is C75H53N. The molecule has 0 radical (unpaired) electrons. The SMILES string of the molecule is CC1(C)c2cc(-c3ccc4ccccc4c3)ccc2-c2ccc(N(c3ccc4c(c3)-c3ccccc3C43c4ccccc4-c4ccccc43)c3ccc4c(c3)C(C)(C)c3cc(-c5ccc6ccccc6c5)ccc3-4)cc21. The van der Waals surface area contributed by atoms with Gasteiger partial charge in [0.15, 0.2) is 0 Å². The van der Waals surface area contributed by atoms with Crippen LogP contribution >= 0.6 is 0 Å². The lowest BCUT2D eigenvalue weighted by molar-refractivity contribution is 0.660. The maximum absolute atomic E-state index is 2.55. The Labute approximate surface area is 445 Å². The molecule has 0 saturated carbocycles. The molecule has 1 nitrogen and oxygen atoms in total. The summed E-state index contributed by atoms with van der Waals surface area (Å²) in [7, 11) is 0. The predicted molar refractivity (Wildman–Crippen MR) is 318 cm³/mol. The topological polar surface area (TPSA) is 3.24 Å². The van der Waals surface area contributed by atoms with Crippen LogP contribution in [0, 0.1) is 0 Å². The number of anilines is 3. The third-order valence-electron chi connectivity index (χ3n) is 18.2. The highest BCUT2D eigenvalue weighted by Gasteiger charge is 2.51. The molecule has 1 heteroatoms. The molecule has 0 aliphatic heterocycles. The third kappa shape index (κ3) is 5.86. The lowest BCUT2D eigenvalue weighted by Gasteiger charge is -2.32. The molecule has 4 aliphatic rings. The number of hydrogen-bond donors (Lipinski definition) is 0. The first-order valence-corrected chi connectivity index (χ1v) is 27.0. The van der Waals surface area contributed by atoms with Gasteiger partial charge in [-0.2, -0.15) is 0 Å². The van der Waals surface area contributed by atoms with E-state index < -0.39 is 5.41 Å². The maximum Gasteiger partial charge on any atom is 0.0725 e. The lowest BCUT2D eigenvalue weighted by Crippen LogP contribution is -2.25. The van der Waals surface area contributed by atoms with E-state index in [-0.39, 0.29) is 10.8 Å². The van der Waals surface area contributed by atoms with Crippen LogP contribution in [0.2, 0.25) is 0 Å². The molecule has 0 bridgehead atoms. The van der Waals surface area contributed by atoms with E-state index in [2.05, 4.69) is 281 Å². The fourth-order valence-corrected chi connectivity index (χ4v) is 14.5. The molecule has 12 aromatic rings. The summed E-state index contributed by atoms with van der Waals surface area (Å²) >= 11 is 0. The zero-order valence-electron chi connectivity index (χ0n) is 43.1. The monoisotopic (exact) mass is 967 g/mol. The van der Waals surface area contributed by atoms with Crippen LogP contribution in [0.3, 0.4) is 0 Å². The van der Waals surface area contributed by atoms with Crippen LogP contribution < -0.4 is 4.90 Å². The van der Waals surface area contributed by atoms with Gasteiger partial charge in [-0.05, 0) is 193 Å². The van der Waals surface area contributed by atoms with Crippen LogP contribution in [0.25, 0.3) is 88.3 Å². The molecule has 0 unspecified atom stereocenters. The number of fused-ring (bicyclic) bond motifs is 18. The van der Waals surface area contributed by atoms with Crippen LogP contribution in [0.4, 0.5) is 17.1 Å². The molecule has 0 fully saturated rings. The fourth-order valence-electron chi connectivity index (χ4n) is 14.5. The van der Waals surface area contributed by atoms with E-state index in [1.54, 1.807) is 0 Å². The van der Waals surface area contributed by atoms with Crippen molar-refractivity contribution in [1.29, 1.82) is 0 Å². The highest BCUT2D eigenvalue weighted by molar-refractivity contribution is 5.98. The first-order chi connectivity index (χ1) is 37.2. The standard InChI is InChI=1S/C75H53N/c1-73(2)69-41-52(50-27-25-46-15-5-7-17-48(46)39-50)29-34-60(69)62-36-31-55(44-71(62)73)76(56-32-37-63-61-35-30-53(42-70(61)74(3,4)72(63)45-56)51-28-26-47-16-6-8-18-49(47)40-51)54-33-38-68-64(43-54)59-21-11-14-24-67(59)75(68)65-22-12-9-19-57(65)58-20-10-13-23-66(58)75/h5-45H,1-4H3. The Morgan fingerprint density at radius 2 is 0.539 bits per heavy atom. The summed E-state index contributed by atoms with van der Waals surface area (Å²) < 4.78 is 0. The zero-order chi connectivity index (χ0) is 50.7. The van der Waals surface area contributed by atoms with Gasteiger partial charge in [-0.1, -0.05) is 216 Å². The van der Waals surface area contributed by atoms with Crippen molar-refractivity contribution >= 4 is 38.6 Å². The second-order valence-corrected chi connectivity index (χ2v) is 22.8. The number of hydrogen-bond acceptors (Lipinski definition) is 1. The first kappa shape index (κ1) is 43.4. The van der Waals surface area contributed by atoms with Crippen LogP contribution in [-0.2, 0) is 16.2 Å². The predicted octanol–water partition coefficient (Wildman–Crippen LogP) is 19.8. The van der Waals surface area contributed by atoms with Crippen LogP contribution in [-0.4, -0.2) is 0 Å². The molecule has 0 atom stereocenters. The minimum atomic E-state index is -0.410. The molecule has 76 heavy (non-hydrogen) atoms. The molecular weight excluding hydrogens is 915 g/mol. The highest BCUT2D eigenvalue weighted by Crippen LogP contribution is 2.64. The second-order valence-electron chi connectivity index (χ2n) is 22.8. The van der Waals surface area contributed by atoms with Gasteiger partial charge in [0, 0.05) is 27.9 Å². The molecule has 12 aromatic carbocycles. The quantitative estimate of drug-likeness (QED) is 0.166. The Morgan fingerprint density at radius 3 is 1.01 bits per heavy atom. The van der Waals surface area contributed by atoms with Crippen molar-refractivity contribution in [3.63, 3.8) is 0 Å². The number of nitrogens with zero attached hydrogens (tertiary/aromatic N) is 1. The first-order valence-electron chi connectivity index (χ1n) is 27.0. The normalized spacial score (nSPS) is 14.9. The maximum atomic E-state index is 2.55. The Morgan fingerprint density at radius 1 is 0.224 bits per heavy atom. The Kier molecular flexibility index (Phi) is 8.85. The van der Waals surface area contributed by atoms with Crippen molar-refractivity contribution in [2.45, 2.75) is 43.9 Å². The minimum Gasteiger partial charge on any atom is -0.310 e. The molecule has 0 saturated heterocycles. The number of benzene rings is 12. The van der Waals surface area contributed by atoms with Gasteiger partial charge >= 0.3 is 0 Å². The molecule has 0 N–H and O–H groups in total. The van der Waals surface area contributed by atoms with Gasteiger partial charge < -0.3 is 4.90 Å². The summed E-state index contributed by atoms with van der Waals surface area (Å²) in [6.45, 7) is 9.67. The Balaban J connectivity index is 0.861. The molecule has 4 aliphatic carbocycles. The van der Waals surface area contributed by atoms with Crippen LogP contribution in [0.1, 0.15) is 72.2 Å². The van der Waals surface area contributed by atoms with Gasteiger partial charge in [0.25, 0.3) is 0 Å². The summed E-state index contributed by atoms with van der Waals surface area (Å²) in [5.41, 5.74) is 28.9. The van der Waals surface area contributed by atoms with E-state index in [0.29, 0.717) is 0 Å². The summed E-state index contributed by atoms with van der Waals surface area (Å²) in [5, 5.41) is 5.06. The summed E-state index contributed by atoms with van der Waals surface area (Å²) in [6, 6.07) is 94.6. The molecule has 16 rings (SSSR count). The van der Waals surface area contributed by atoms with Gasteiger partial charge in [0.2, 0.25) is 0 Å². The van der Waals surface area contributed by atoms with Gasteiger partial charge in [-0.15, -0.1) is 0 Å². The minimum absolute atomic E-state index is 0.240. The van der Waals surface area contributed by atoms with E-state index in [0.717, 1.165) is 17.1 Å².